The van der Waals surface area contributed by atoms with Crippen LogP contribution >= 0.6 is 11.8 Å². The normalized spacial score (nSPS) is 11.9. The van der Waals surface area contributed by atoms with Crippen molar-refractivity contribution in [1.82, 2.24) is 14.6 Å². The maximum absolute atomic E-state index is 13.6. The first-order valence-corrected chi connectivity index (χ1v) is 11.1. The highest BCUT2D eigenvalue weighted by molar-refractivity contribution is 7.99. The van der Waals surface area contributed by atoms with E-state index in [-0.39, 0.29) is 26.9 Å². The molecule has 0 fully saturated rings. The van der Waals surface area contributed by atoms with Gasteiger partial charge in [-0.1, -0.05) is 6.07 Å². The molecular weight excluding hydrogens is 403 g/mol. The van der Waals surface area contributed by atoms with Crippen LogP contribution in [0, 0.1) is 19.7 Å². The molecule has 1 amide bonds. The van der Waals surface area contributed by atoms with Crippen LogP contribution in [0.2, 0.25) is 0 Å². The lowest BCUT2D eigenvalue weighted by Gasteiger charge is -2.11. The van der Waals surface area contributed by atoms with E-state index >= 15 is 0 Å². The van der Waals surface area contributed by atoms with Crippen molar-refractivity contribution in [2.45, 2.75) is 41.5 Å². The summed E-state index contributed by atoms with van der Waals surface area (Å²) in [6, 6.07) is 4.84. The topological polar surface area (TPSA) is 107 Å². The molecular formula is C18H19FN4O3S2. The molecule has 0 radical (unpaired) electrons. The number of thioether (sulfide) groups is 1. The number of sulfone groups is 1. The second-order valence-corrected chi connectivity index (χ2v) is 8.94. The molecule has 0 atom stereocenters. The second-order valence-electron chi connectivity index (χ2n) is 6.26. The minimum atomic E-state index is -4.04. The Morgan fingerprint density at radius 1 is 1.32 bits per heavy atom. The van der Waals surface area contributed by atoms with Gasteiger partial charge in [0.1, 0.15) is 10.8 Å². The summed E-state index contributed by atoms with van der Waals surface area (Å²) in [6.07, 6.45) is 2.25. The highest BCUT2D eigenvalue weighted by Crippen LogP contribution is 2.33. The number of hydrogen-bond acceptors (Lipinski definition) is 6. The number of aryl methyl sites for hydroxylation is 2. The van der Waals surface area contributed by atoms with Crippen LogP contribution in [0.1, 0.15) is 23.4 Å². The molecule has 2 heterocycles. The van der Waals surface area contributed by atoms with Crippen LogP contribution in [0.4, 0.5) is 4.39 Å². The number of fused-ring (bicyclic) bond motifs is 1. The lowest BCUT2D eigenvalue weighted by atomic mass is 10.1. The first kappa shape index (κ1) is 20.3. The monoisotopic (exact) mass is 422 g/mol. The van der Waals surface area contributed by atoms with Gasteiger partial charge in [0.25, 0.3) is 0 Å². The van der Waals surface area contributed by atoms with Gasteiger partial charge in [0, 0.05) is 17.8 Å². The minimum Gasteiger partial charge on any atom is -0.370 e. The van der Waals surface area contributed by atoms with Gasteiger partial charge in [0.2, 0.25) is 15.7 Å². The zero-order chi connectivity index (χ0) is 20.6. The predicted molar refractivity (Wildman–Crippen MR) is 104 cm³/mol. The maximum atomic E-state index is 13.6. The van der Waals surface area contributed by atoms with E-state index in [0.717, 1.165) is 11.6 Å². The molecule has 28 heavy (non-hydrogen) atoms. The van der Waals surface area contributed by atoms with Crippen LogP contribution < -0.4 is 5.73 Å². The van der Waals surface area contributed by atoms with E-state index in [1.54, 1.807) is 20.1 Å². The summed E-state index contributed by atoms with van der Waals surface area (Å²) in [5.74, 6) is -1.07. The van der Waals surface area contributed by atoms with Crippen LogP contribution in [0.3, 0.4) is 0 Å². The SMILES string of the molecule is CSc1nn2c(C)c(CCC(N)=O)c(C)nc2c1S(=O)(=O)c1cccc(F)c1. The lowest BCUT2D eigenvalue weighted by Crippen LogP contribution is -2.14. The quantitative estimate of drug-likeness (QED) is 0.612. The maximum Gasteiger partial charge on any atom is 0.217 e. The standard InChI is InChI=1S/C18H19FN4O3S2/c1-10-14(7-8-15(20)24)11(2)23-17(21-10)16(18(22-23)27-3)28(25,26)13-6-4-5-12(19)9-13/h4-6,9H,7-8H2,1-3H3,(H2,20,24). The Morgan fingerprint density at radius 3 is 2.64 bits per heavy atom. The van der Waals surface area contributed by atoms with E-state index in [9.17, 15) is 17.6 Å². The Bertz CT molecular complexity index is 1190. The van der Waals surface area contributed by atoms with E-state index in [4.69, 9.17) is 5.73 Å². The number of primary amides is 1. The van der Waals surface area contributed by atoms with Gasteiger partial charge in [-0.15, -0.1) is 11.8 Å². The number of benzene rings is 1. The number of amides is 1. The Morgan fingerprint density at radius 2 is 2.04 bits per heavy atom. The van der Waals surface area contributed by atoms with Crippen LogP contribution in [0.25, 0.3) is 5.65 Å². The molecule has 0 spiro atoms. The summed E-state index contributed by atoms with van der Waals surface area (Å²) >= 11 is 1.17. The molecule has 10 heteroatoms. The van der Waals surface area contributed by atoms with E-state index in [1.165, 1.54) is 34.5 Å². The van der Waals surface area contributed by atoms with Crippen LogP contribution in [0.5, 0.6) is 0 Å². The third-order valence-electron chi connectivity index (χ3n) is 4.44. The van der Waals surface area contributed by atoms with Gasteiger partial charge in [-0.05, 0) is 50.3 Å². The third-order valence-corrected chi connectivity index (χ3v) is 7.03. The first-order valence-electron chi connectivity index (χ1n) is 8.38. The number of aromatic nitrogens is 3. The molecule has 1 aromatic carbocycles. The predicted octanol–water partition coefficient (Wildman–Crippen LogP) is 2.46. The minimum absolute atomic E-state index is 0.0572. The average Bonchev–Trinajstić information content (AvgIpc) is 3.00. The van der Waals surface area contributed by atoms with E-state index in [0.29, 0.717) is 17.8 Å². The molecule has 2 aromatic heterocycles. The van der Waals surface area contributed by atoms with Crippen molar-refractivity contribution in [2.75, 3.05) is 6.26 Å². The van der Waals surface area contributed by atoms with Crippen molar-refractivity contribution in [2.24, 2.45) is 5.73 Å². The van der Waals surface area contributed by atoms with Crippen molar-refractivity contribution in [1.29, 1.82) is 0 Å². The summed E-state index contributed by atoms with van der Waals surface area (Å²) in [7, 11) is -4.04. The molecule has 3 aromatic rings. The number of nitrogens with zero attached hydrogens (tertiary/aromatic N) is 3. The van der Waals surface area contributed by atoms with Crippen LogP contribution in [-0.2, 0) is 21.1 Å². The van der Waals surface area contributed by atoms with Crippen molar-refractivity contribution in [3.05, 3.63) is 47.0 Å². The van der Waals surface area contributed by atoms with E-state index in [2.05, 4.69) is 10.1 Å². The summed E-state index contributed by atoms with van der Waals surface area (Å²) in [5.41, 5.74) is 7.47. The van der Waals surface area contributed by atoms with Gasteiger partial charge in [-0.3, -0.25) is 4.79 Å². The zero-order valence-electron chi connectivity index (χ0n) is 15.6. The summed E-state index contributed by atoms with van der Waals surface area (Å²) in [4.78, 5) is 15.4. The molecule has 2 N–H and O–H groups in total. The molecule has 0 bridgehead atoms. The lowest BCUT2D eigenvalue weighted by molar-refractivity contribution is -0.117. The summed E-state index contributed by atoms with van der Waals surface area (Å²) < 4.78 is 41.5. The molecule has 0 aliphatic rings. The fourth-order valence-corrected chi connectivity index (χ4v) is 5.48. The van der Waals surface area contributed by atoms with Gasteiger partial charge in [-0.25, -0.2) is 22.3 Å². The van der Waals surface area contributed by atoms with Crippen LogP contribution in [0.15, 0.2) is 39.1 Å². The van der Waals surface area contributed by atoms with Crippen molar-refractivity contribution < 1.29 is 17.6 Å². The number of rotatable bonds is 6. The second kappa shape index (κ2) is 7.51. The number of carbonyl (C=O) groups excluding carboxylic acids is 1. The average molecular weight is 423 g/mol. The van der Waals surface area contributed by atoms with Gasteiger partial charge >= 0.3 is 0 Å². The number of halogens is 1. The highest BCUT2D eigenvalue weighted by atomic mass is 32.2. The summed E-state index contributed by atoms with van der Waals surface area (Å²) in [6.45, 7) is 3.53. The van der Waals surface area contributed by atoms with Crippen molar-refractivity contribution >= 4 is 33.2 Å². The molecule has 7 nitrogen and oxygen atoms in total. The molecule has 0 saturated heterocycles. The number of hydrogen-bond donors (Lipinski definition) is 1. The molecule has 3 rings (SSSR count). The Kier molecular flexibility index (Phi) is 5.44. The Balaban J connectivity index is 2.28. The van der Waals surface area contributed by atoms with E-state index in [1.807, 2.05) is 0 Å². The Hall–Kier alpha value is -2.46. The van der Waals surface area contributed by atoms with E-state index < -0.39 is 21.6 Å². The van der Waals surface area contributed by atoms with Crippen molar-refractivity contribution in [3.63, 3.8) is 0 Å². The molecule has 0 saturated carbocycles. The highest BCUT2D eigenvalue weighted by Gasteiger charge is 2.30. The van der Waals surface area contributed by atoms with Gasteiger partial charge in [0.15, 0.2) is 10.5 Å². The molecule has 0 aliphatic carbocycles. The van der Waals surface area contributed by atoms with Crippen LogP contribution in [-0.4, -0.2) is 35.2 Å². The third kappa shape index (κ3) is 3.49. The summed E-state index contributed by atoms with van der Waals surface area (Å²) in [5, 5.41) is 4.67. The van der Waals surface area contributed by atoms with Gasteiger partial charge in [-0.2, -0.15) is 5.10 Å². The van der Waals surface area contributed by atoms with Gasteiger partial charge < -0.3 is 5.73 Å². The fourth-order valence-electron chi connectivity index (χ4n) is 3.05. The molecule has 0 unspecified atom stereocenters. The van der Waals surface area contributed by atoms with Gasteiger partial charge in [0.05, 0.1) is 4.90 Å². The largest absolute Gasteiger partial charge is 0.370 e. The fraction of sp³-hybridized carbons (Fsp3) is 0.278. The number of nitrogens with two attached hydrogens (primary N) is 1. The first-order chi connectivity index (χ1) is 13.2. The zero-order valence-corrected chi connectivity index (χ0v) is 17.2. The smallest absolute Gasteiger partial charge is 0.217 e. The molecule has 0 aliphatic heterocycles. The van der Waals surface area contributed by atoms with Crippen molar-refractivity contribution in [3.8, 4) is 0 Å². The molecule has 148 valence electrons. The number of carbonyl (C=O) groups is 1. The Labute approximate surface area is 166 Å².